The van der Waals surface area contributed by atoms with Crippen LogP contribution in [0.2, 0.25) is 0 Å². The molecule has 2 aromatic carbocycles. The molecule has 2 aromatic rings. The minimum Gasteiger partial charge on any atom is -0.369 e. The van der Waals surface area contributed by atoms with Crippen molar-refractivity contribution in [1.29, 1.82) is 0 Å². The first kappa shape index (κ1) is 27.2. The zero-order chi connectivity index (χ0) is 26.6. The molecule has 0 amide bonds. The molecular weight excluding hydrogens is 540 g/mol. The topological polar surface area (TPSA) is 36.5 Å². The highest BCUT2D eigenvalue weighted by atomic mass is 79.9. The van der Waals surface area contributed by atoms with Crippen LogP contribution in [-0.4, -0.2) is 120 Å². The van der Waals surface area contributed by atoms with Crippen LogP contribution >= 0.6 is 15.9 Å². The molecule has 0 aromatic heterocycles. The van der Waals surface area contributed by atoms with E-state index in [4.69, 9.17) is 0 Å². The molecule has 0 atom stereocenters. The van der Waals surface area contributed by atoms with Gasteiger partial charge in [0.05, 0.1) is 0 Å². The van der Waals surface area contributed by atoms with E-state index in [1.165, 1.54) is 11.4 Å². The Morgan fingerprint density at radius 1 is 0.658 bits per heavy atom. The van der Waals surface area contributed by atoms with Gasteiger partial charge < -0.3 is 29.4 Å². The van der Waals surface area contributed by atoms with Crippen molar-refractivity contribution in [2.75, 3.05) is 114 Å². The first-order chi connectivity index (χ1) is 18.4. The van der Waals surface area contributed by atoms with Gasteiger partial charge in [0.25, 0.3) is 0 Å². The van der Waals surface area contributed by atoms with E-state index in [2.05, 4.69) is 90.7 Å². The Bertz CT molecular complexity index is 1150. The Morgan fingerprint density at radius 2 is 1.18 bits per heavy atom. The molecule has 0 spiro atoms. The summed E-state index contributed by atoms with van der Waals surface area (Å²) in [4.78, 5) is 28.0. The number of benzene rings is 2. The van der Waals surface area contributed by atoms with Crippen molar-refractivity contribution in [3.05, 3.63) is 58.1 Å². The van der Waals surface area contributed by atoms with Crippen LogP contribution in [0.5, 0.6) is 0 Å². The van der Waals surface area contributed by atoms with E-state index in [0.717, 1.165) is 99.8 Å². The van der Waals surface area contributed by atoms with Crippen LogP contribution in [0.25, 0.3) is 6.08 Å². The third kappa shape index (κ3) is 6.42. The highest BCUT2D eigenvalue weighted by Crippen LogP contribution is 2.31. The highest BCUT2D eigenvalue weighted by molar-refractivity contribution is 9.10. The van der Waals surface area contributed by atoms with E-state index in [-0.39, 0.29) is 5.78 Å². The van der Waals surface area contributed by atoms with Crippen LogP contribution in [0.3, 0.4) is 0 Å². The standard InChI is InChI=1S/C30H41BrN6O/c1-32-10-16-35(17-11-32)26-7-4-24(29(23-26)37-20-14-34(3)15-21-37)5-9-30(38)27-22-25(31)6-8-28(27)36-18-12-33(2)13-19-36/h4-9,22-23H,10-21H2,1-3H3. The third-order valence-electron chi connectivity index (χ3n) is 8.21. The molecule has 0 radical (unpaired) electrons. The van der Waals surface area contributed by atoms with Gasteiger partial charge in [-0.25, -0.2) is 0 Å². The summed E-state index contributed by atoms with van der Waals surface area (Å²) in [7, 11) is 6.53. The molecule has 3 aliphatic rings. The smallest absolute Gasteiger partial charge is 0.187 e. The van der Waals surface area contributed by atoms with E-state index >= 15 is 0 Å². The summed E-state index contributed by atoms with van der Waals surface area (Å²) in [6.45, 7) is 12.2. The number of rotatable bonds is 6. The highest BCUT2D eigenvalue weighted by Gasteiger charge is 2.22. The molecule has 204 valence electrons. The molecule has 0 N–H and O–H groups in total. The normalized spacial score (nSPS) is 20.5. The molecule has 3 fully saturated rings. The van der Waals surface area contributed by atoms with Crippen molar-refractivity contribution in [2.45, 2.75) is 0 Å². The van der Waals surface area contributed by atoms with Gasteiger partial charge in [0.1, 0.15) is 0 Å². The van der Waals surface area contributed by atoms with Gasteiger partial charge in [0.2, 0.25) is 0 Å². The molecule has 7 nitrogen and oxygen atoms in total. The molecular formula is C30H41BrN6O. The van der Waals surface area contributed by atoms with Gasteiger partial charge >= 0.3 is 0 Å². The molecule has 3 aliphatic heterocycles. The van der Waals surface area contributed by atoms with E-state index < -0.39 is 0 Å². The van der Waals surface area contributed by atoms with Crippen LogP contribution in [0.1, 0.15) is 15.9 Å². The summed E-state index contributed by atoms with van der Waals surface area (Å²) in [5.41, 5.74) is 5.40. The number of ketones is 1. The lowest BCUT2D eigenvalue weighted by Gasteiger charge is -2.37. The van der Waals surface area contributed by atoms with Crippen LogP contribution < -0.4 is 14.7 Å². The van der Waals surface area contributed by atoms with E-state index in [0.29, 0.717) is 0 Å². The maximum atomic E-state index is 13.6. The fourth-order valence-electron chi connectivity index (χ4n) is 5.54. The van der Waals surface area contributed by atoms with Crippen LogP contribution in [0, 0.1) is 0 Å². The lowest BCUT2D eigenvalue weighted by Crippen LogP contribution is -2.45. The molecule has 0 unspecified atom stereocenters. The third-order valence-corrected chi connectivity index (χ3v) is 8.70. The fourth-order valence-corrected chi connectivity index (χ4v) is 5.90. The van der Waals surface area contributed by atoms with Crippen molar-refractivity contribution in [3.63, 3.8) is 0 Å². The SMILES string of the molecule is CN1CCN(c2ccc(C=CC(=O)c3cc(Br)ccc3N3CCN(C)CC3)c(N3CCN(C)CC3)c2)CC1. The summed E-state index contributed by atoms with van der Waals surface area (Å²) in [6, 6.07) is 12.9. The van der Waals surface area contributed by atoms with Gasteiger partial charge in [0, 0.05) is 106 Å². The molecule has 38 heavy (non-hydrogen) atoms. The van der Waals surface area contributed by atoms with Crippen molar-refractivity contribution >= 4 is 44.9 Å². The number of hydrogen-bond donors (Lipinski definition) is 0. The number of piperazine rings is 3. The number of carbonyl (C=O) groups is 1. The minimum atomic E-state index is 0.0488. The van der Waals surface area contributed by atoms with Crippen LogP contribution in [0.15, 0.2) is 46.9 Å². The molecule has 3 heterocycles. The van der Waals surface area contributed by atoms with Crippen molar-refractivity contribution < 1.29 is 4.79 Å². The minimum absolute atomic E-state index is 0.0488. The zero-order valence-corrected chi connectivity index (χ0v) is 24.7. The van der Waals surface area contributed by atoms with Gasteiger partial charge in [0.15, 0.2) is 5.78 Å². The summed E-state index contributed by atoms with van der Waals surface area (Å²) in [5, 5.41) is 0. The fraction of sp³-hybridized carbons (Fsp3) is 0.500. The van der Waals surface area contributed by atoms with Gasteiger partial charge in [-0.2, -0.15) is 0 Å². The summed E-state index contributed by atoms with van der Waals surface area (Å²) in [5.74, 6) is 0.0488. The maximum Gasteiger partial charge on any atom is 0.187 e. The monoisotopic (exact) mass is 580 g/mol. The van der Waals surface area contributed by atoms with Crippen molar-refractivity contribution in [2.24, 2.45) is 0 Å². The van der Waals surface area contributed by atoms with Gasteiger partial charge in [-0.1, -0.05) is 22.0 Å². The van der Waals surface area contributed by atoms with Crippen LogP contribution in [0.4, 0.5) is 17.1 Å². The Labute approximate surface area is 236 Å². The summed E-state index contributed by atoms with van der Waals surface area (Å²) in [6.07, 6.45) is 3.80. The van der Waals surface area contributed by atoms with E-state index in [9.17, 15) is 4.79 Å². The number of halogens is 1. The number of anilines is 3. The number of hydrogen-bond acceptors (Lipinski definition) is 7. The Kier molecular flexibility index (Phi) is 8.73. The predicted molar refractivity (Wildman–Crippen MR) is 163 cm³/mol. The number of likely N-dealkylation sites (N-methyl/N-ethyl adjacent to an activating group) is 3. The Hall–Kier alpha value is -2.39. The average Bonchev–Trinajstić information content (AvgIpc) is 2.93. The number of allylic oxidation sites excluding steroid dienone is 1. The lowest BCUT2D eigenvalue weighted by atomic mass is 10.0. The van der Waals surface area contributed by atoms with E-state index in [1.54, 1.807) is 6.08 Å². The predicted octanol–water partition coefficient (Wildman–Crippen LogP) is 3.60. The largest absolute Gasteiger partial charge is 0.369 e. The van der Waals surface area contributed by atoms with Gasteiger partial charge in [-0.05, 0) is 69.2 Å². The summed E-state index contributed by atoms with van der Waals surface area (Å²) >= 11 is 3.59. The Morgan fingerprint density at radius 3 is 1.76 bits per heavy atom. The quantitative estimate of drug-likeness (QED) is 0.381. The Balaban J connectivity index is 1.41. The first-order valence-corrected chi connectivity index (χ1v) is 14.6. The number of carbonyl (C=O) groups excluding carboxylic acids is 1. The van der Waals surface area contributed by atoms with E-state index in [1.807, 2.05) is 18.2 Å². The van der Waals surface area contributed by atoms with Crippen molar-refractivity contribution in [3.8, 4) is 0 Å². The molecule has 8 heteroatoms. The van der Waals surface area contributed by atoms with Gasteiger partial charge in [-0.15, -0.1) is 0 Å². The van der Waals surface area contributed by atoms with Crippen molar-refractivity contribution in [1.82, 2.24) is 14.7 Å². The second kappa shape index (κ2) is 12.2. The first-order valence-electron chi connectivity index (χ1n) is 13.8. The molecule has 5 rings (SSSR count). The number of nitrogens with zero attached hydrogens (tertiary/aromatic N) is 6. The second-order valence-electron chi connectivity index (χ2n) is 11.0. The molecule has 0 saturated carbocycles. The lowest BCUT2D eigenvalue weighted by molar-refractivity contribution is 0.104. The molecule has 3 saturated heterocycles. The summed E-state index contributed by atoms with van der Waals surface area (Å²) < 4.78 is 0.932. The van der Waals surface area contributed by atoms with Gasteiger partial charge in [-0.3, -0.25) is 4.79 Å². The van der Waals surface area contributed by atoms with Crippen LogP contribution in [-0.2, 0) is 0 Å². The average molecular weight is 582 g/mol. The molecule has 0 bridgehead atoms. The molecule has 0 aliphatic carbocycles. The maximum absolute atomic E-state index is 13.6. The second-order valence-corrected chi connectivity index (χ2v) is 11.9. The zero-order valence-electron chi connectivity index (χ0n) is 23.1.